The number of carbonyl (C=O) groups excluding carboxylic acids is 2. The number of fused-ring (bicyclic) bond motifs is 2. The maximum Gasteiger partial charge on any atom is 0.319 e. The van der Waals surface area contributed by atoms with Gasteiger partial charge in [-0.3, -0.25) is 9.59 Å². The Balaban J connectivity index is 1.62. The molecular weight excluding hydrogens is 349 g/mol. The first-order valence-corrected chi connectivity index (χ1v) is 8.42. The number of nitrogens with one attached hydrogen (secondary N) is 1. The lowest BCUT2D eigenvalue weighted by molar-refractivity contribution is -0.138. The minimum Gasteiger partial charge on any atom is -0.497 e. The van der Waals surface area contributed by atoms with Gasteiger partial charge < -0.3 is 14.8 Å². The van der Waals surface area contributed by atoms with Crippen molar-refractivity contribution in [2.75, 3.05) is 12.4 Å². The highest BCUT2D eigenvalue weighted by Crippen LogP contribution is 2.34. The van der Waals surface area contributed by atoms with E-state index in [4.69, 9.17) is 9.47 Å². The van der Waals surface area contributed by atoms with Crippen molar-refractivity contribution in [3.05, 3.63) is 66.0 Å². The van der Waals surface area contributed by atoms with Crippen LogP contribution in [0.3, 0.4) is 0 Å². The molecule has 3 aromatic rings. The third kappa shape index (κ3) is 3.33. The van der Waals surface area contributed by atoms with Crippen LogP contribution in [0.4, 0.5) is 10.1 Å². The summed E-state index contributed by atoms with van der Waals surface area (Å²) in [7, 11) is 1.58. The van der Waals surface area contributed by atoms with E-state index in [2.05, 4.69) is 5.32 Å². The van der Waals surface area contributed by atoms with Gasteiger partial charge >= 0.3 is 5.97 Å². The summed E-state index contributed by atoms with van der Waals surface area (Å²) in [4.78, 5) is 24.6. The van der Waals surface area contributed by atoms with Gasteiger partial charge in [-0.05, 0) is 52.7 Å². The number of benzene rings is 3. The summed E-state index contributed by atoms with van der Waals surface area (Å²) < 4.78 is 24.2. The summed E-state index contributed by atoms with van der Waals surface area (Å²) in [6.07, 6.45) is -0.0428. The molecule has 4 rings (SSSR count). The number of amides is 1. The van der Waals surface area contributed by atoms with Gasteiger partial charge in [0.2, 0.25) is 5.91 Å². The van der Waals surface area contributed by atoms with E-state index in [0.717, 1.165) is 10.8 Å². The van der Waals surface area contributed by atoms with Crippen LogP contribution in [0.5, 0.6) is 11.5 Å². The second-order valence-electron chi connectivity index (χ2n) is 6.33. The van der Waals surface area contributed by atoms with Crippen LogP contribution < -0.4 is 14.8 Å². The standard InChI is InChI=1S/C21H16FNO4/c1-26-15-5-2-12-3-6-16(9-13(12)8-15)27-21(25)18-11-20(24)23-19-10-14(22)4-7-17(18)19/h2-10,18H,11H2,1H3,(H,23,24)/t18-/m1/s1. The molecule has 0 saturated heterocycles. The third-order valence-corrected chi connectivity index (χ3v) is 4.58. The molecule has 5 nitrogen and oxygen atoms in total. The first-order valence-electron chi connectivity index (χ1n) is 8.42. The second kappa shape index (κ2) is 6.72. The van der Waals surface area contributed by atoms with Crippen LogP contribution in [0, 0.1) is 5.82 Å². The van der Waals surface area contributed by atoms with E-state index in [-0.39, 0.29) is 12.3 Å². The highest BCUT2D eigenvalue weighted by atomic mass is 19.1. The van der Waals surface area contributed by atoms with Crippen LogP contribution in [0.1, 0.15) is 17.9 Å². The number of anilines is 1. The lowest BCUT2D eigenvalue weighted by atomic mass is 9.90. The van der Waals surface area contributed by atoms with Crippen molar-refractivity contribution >= 4 is 28.3 Å². The molecule has 0 aliphatic carbocycles. The van der Waals surface area contributed by atoms with E-state index in [1.54, 1.807) is 19.2 Å². The average molecular weight is 365 g/mol. The Kier molecular flexibility index (Phi) is 4.24. The molecule has 0 radical (unpaired) electrons. The molecule has 0 spiro atoms. The summed E-state index contributed by atoms with van der Waals surface area (Å²) in [5.74, 6) is -1.10. The zero-order chi connectivity index (χ0) is 19.0. The highest BCUT2D eigenvalue weighted by Gasteiger charge is 2.32. The molecule has 1 heterocycles. The lowest BCUT2D eigenvalue weighted by Crippen LogP contribution is -2.29. The number of carbonyl (C=O) groups is 2. The van der Waals surface area contributed by atoms with Crippen molar-refractivity contribution < 1.29 is 23.5 Å². The van der Waals surface area contributed by atoms with Gasteiger partial charge in [0.25, 0.3) is 0 Å². The molecule has 1 aliphatic heterocycles. The van der Waals surface area contributed by atoms with Gasteiger partial charge in [0.05, 0.1) is 13.0 Å². The molecule has 1 amide bonds. The quantitative estimate of drug-likeness (QED) is 0.562. The maximum absolute atomic E-state index is 13.4. The summed E-state index contributed by atoms with van der Waals surface area (Å²) in [6.45, 7) is 0. The maximum atomic E-state index is 13.4. The van der Waals surface area contributed by atoms with Gasteiger partial charge in [-0.15, -0.1) is 0 Å². The Bertz CT molecular complexity index is 1060. The first kappa shape index (κ1) is 17.0. The van der Waals surface area contributed by atoms with E-state index >= 15 is 0 Å². The zero-order valence-electron chi connectivity index (χ0n) is 14.5. The normalized spacial score (nSPS) is 15.8. The van der Waals surface area contributed by atoms with Gasteiger partial charge in [0.1, 0.15) is 17.3 Å². The van der Waals surface area contributed by atoms with Crippen molar-refractivity contribution in [3.63, 3.8) is 0 Å². The lowest BCUT2D eigenvalue weighted by Gasteiger charge is -2.24. The number of methoxy groups -OCH3 is 1. The van der Waals surface area contributed by atoms with Gasteiger partial charge in [0.15, 0.2) is 0 Å². The molecule has 3 aromatic carbocycles. The molecule has 1 N–H and O–H groups in total. The fourth-order valence-electron chi connectivity index (χ4n) is 3.23. The molecule has 6 heteroatoms. The van der Waals surface area contributed by atoms with Crippen LogP contribution in [0.25, 0.3) is 10.8 Å². The van der Waals surface area contributed by atoms with Crippen molar-refractivity contribution in [1.82, 2.24) is 0 Å². The Labute approximate surface area is 154 Å². The van der Waals surface area contributed by atoms with Gasteiger partial charge in [-0.1, -0.05) is 18.2 Å². The Morgan fingerprint density at radius 2 is 1.78 bits per heavy atom. The summed E-state index contributed by atoms with van der Waals surface area (Å²) in [6, 6.07) is 14.9. The van der Waals surface area contributed by atoms with Gasteiger partial charge in [-0.25, -0.2) is 4.39 Å². The smallest absolute Gasteiger partial charge is 0.319 e. The van der Waals surface area contributed by atoms with Crippen molar-refractivity contribution in [2.45, 2.75) is 12.3 Å². The second-order valence-corrected chi connectivity index (χ2v) is 6.33. The van der Waals surface area contributed by atoms with Crippen LogP contribution in [0.2, 0.25) is 0 Å². The summed E-state index contributed by atoms with van der Waals surface area (Å²) >= 11 is 0. The molecular formula is C21H16FNO4. The Hall–Kier alpha value is -3.41. The van der Waals surface area contributed by atoms with Crippen LogP contribution in [-0.2, 0) is 9.59 Å². The largest absolute Gasteiger partial charge is 0.497 e. The van der Waals surface area contributed by atoms with Crippen LogP contribution >= 0.6 is 0 Å². The molecule has 0 bridgehead atoms. The predicted molar refractivity (Wildman–Crippen MR) is 98.5 cm³/mol. The molecule has 0 fully saturated rings. The summed E-state index contributed by atoms with van der Waals surface area (Å²) in [5.41, 5.74) is 0.847. The van der Waals surface area contributed by atoms with Gasteiger partial charge in [0, 0.05) is 12.1 Å². The SMILES string of the molecule is COc1ccc2ccc(OC(=O)[C@@H]3CC(=O)Nc4cc(F)ccc43)cc2c1. The van der Waals surface area contributed by atoms with E-state index < -0.39 is 17.7 Å². The van der Waals surface area contributed by atoms with Crippen molar-refractivity contribution in [1.29, 1.82) is 0 Å². The Morgan fingerprint density at radius 3 is 2.56 bits per heavy atom. The van der Waals surface area contributed by atoms with Crippen LogP contribution in [0.15, 0.2) is 54.6 Å². The molecule has 1 aliphatic rings. The van der Waals surface area contributed by atoms with E-state index in [9.17, 15) is 14.0 Å². The van der Waals surface area contributed by atoms with E-state index in [1.807, 2.05) is 24.3 Å². The topological polar surface area (TPSA) is 64.6 Å². The Morgan fingerprint density at radius 1 is 1.04 bits per heavy atom. The molecule has 1 atom stereocenters. The summed E-state index contributed by atoms with van der Waals surface area (Å²) in [5, 5.41) is 4.43. The number of hydrogen-bond acceptors (Lipinski definition) is 4. The van der Waals surface area contributed by atoms with E-state index in [1.165, 1.54) is 18.2 Å². The first-order chi connectivity index (χ1) is 13.0. The molecule has 0 unspecified atom stereocenters. The number of esters is 1. The molecule has 136 valence electrons. The minimum atomic E-state index is -0.782. The third-order valence-electron chi connectivity index (χ3n) is 4.58. The minimum absolute atomic E-state index is 0.0428. The molecule has 0 saturated carbocycles. The fraction of sp³-hybridized carbons (Fsp3) is 0.143. The highest BCUT2D eigenvalue weighted by molar-refractivity contribution is 6.00. The number of halogens is 1. The van der Waals surface area contributed by atoms with Crippen LogP contribution in [-0.4, -0.2) is 19.0 Å². The van der Waals surface area contributed by atoms with E-state index in [0.29, 0.717) is 22.7 Å². The van der Waals surface area contributed by atoms with Crippen molar-refractivity contribution in [3.8, 4) is 11.5 Å². The predicted octanol–water partition coefficient (Wildman–Crippen LogP) is 4.02. The molecule has 27 heavy (non-hydrogen) atoms. The molecule has 0 aromatic heterocycles. The average Bonchev–Trinajstić information content (AvgIpc) is 2.66. The van der Waals surface area contributed by atoms with Crippen molar-refractivity contribution in [2.24, 2.45) is 0 Å². The number of rotatable bonds is 3. The fourth-order valence-corrected chi connectivity index (χ4v) is 3.23. The monoisotopic (exact) mass is 365 g/mol. The number of hydrogen-bond donors (Lipinski definition) is 1. The zero-order valence-corrected chi connectivity index (χ0v) is 14.5. The van der Waals surface area contributed by atoms with Gasteiger partial charge in [-0.2, -0.15) is 0 Å². The number of ether oxygens (including phenoxy) is 2.